The normalized spacial score (nSPS) is 13.6. The molecule has 1 rings (SSSR count). The van der Waals surface area contributed by atoms with Crippen LogP contribution in [0.5, 0.6) is 0 Å². The largest absolute Gasteiger partial charge is 0.489 e. The van der Waals surface area contributed by atoms with Crippen molar-refractivity contribution in [3.8, 4) is 0 Å². The molecule has 0 unspecified atom stereocenters. The molecular weight excluding hydrogens is 340 g/mol. The van der Waals surface area contributed by atoms with E-state index >= 15 is 0 Å². The number of esters is 1. The van der Waals surface area contributed by atoms with Gasteiger partial charge in [-0.1, -0.05) is 37.3 Å². The van der Waals surface area contributed by atoms with Crippen molar-refractivity contribution in [1.82, 2.24) is 0 Å². The van der Waals surface area contributed by atoms with E-state index < -0.39 is 23.5 Å². The molecule has 0 aromatic heterocycles. The smallest absolute Gasteiger partial charge is 0.375 e. The average Bonchev–Trinajstić information content (AvgIpc) is 2.54. The molecular formula is C19H26O7. The van der Waals surface area contributed by atoms with Gasteiger partial charge in [0.15, 0.2) is 5.79 Å². The van der Waals surface area contributed by atoms with Crippen LogP contribution < -0.4 is 0 Å². The van der Waals surface area contributed by atoms with E-state index in [1.165, 1.54) is 13.8 Å². The van der Waals surface area contributed by atoms with E-state index in [0.29, 0.717) is 0 Å². The van der Waals surface area contributed by atoms with Crippen molar-refractivity contribution in [2.45, 2.75) is 46.5 Å². The first-order valence-corrected chi connectivity index (χ1v) is 8.26. The quantitative estimate of drug-likeness (QED) is 0.284. The Labute approximate surface area is 153 Å². The zero-order chi connectivity index (χ0) is 19.7. The van der Waals surface area contributed by atoms with Crippen molar-refractivity contribution in [2.75, 3.05) is 6.61 Å². The van der Waals surface area contributed by atoms with E-state index in [0.717, 1.165) is 12.5 Å². The summed E-state index contributed by atoms with van der Waals surface area (Å²) in [4.78, 5) is 22.7. The minimum atomic E-state index is -1.39. The summed E-state index contributed by atoms with van der Waals surface area (Å²) in [7, 11) is 0. The SMILES string of the molecule is CC(=O)O/C(C(=O)O)=C(/C[C@@H](C)COC(C)(C)O)OCc1ccccc1. The van der Waals surface area contributed by atoms with Crippen LogP contribution >= 0.6 is 0 Å². The van der Waals surface area contributed by atoms with Gasteiger partial charge in [-0.25, -0.2) is 4.79 Å². The number of hydrogen-bond donors (Lipinski definition) is 2. The Morgan fingerprint density at radius 2 is 1.81 bits per heavy atom. The second-order valence-electron chi connectivity index (χ2n) is 6.49. The number of carbonyl (C=O) groups is 2. The molecule has 0 saturated carbocycles. The first-order valence-electron chi connectivity index (χ1n) is 8.26. The number of aliphatic carboxylic acids is 1. The molecule has 0 aliphatic rings. The number of carbonyl (C=O) groups excluding carboxylic acids is 1. The zero-order valence-electron chi connectivity index (χ0n) is 15.5. The van der Waals surface area contributed by atoms with Crippen LogP contribution in [0.1, 0.15) is 39.7 Å². The second-order valence-corrected chi connectivity index (χ2v) is 6.49. The highest BCUT2D eigenvalue weighted by Crippen LogP contribution is 2.22. The molecule has 7 nitrogen and oxygen atoms in total. The monoisotopic (exact) mass is 366 g/mol. The number of ether oxygens (including phenoxy) is 3. The van der Waals surface area contributed by atoms with Crippen LogP contribution in [0.2, 0.25) is 0 Å². The summed E-state index contributed by atoms with van der Waals surface area (Å²) >= 11 is 0. The van der Waals surface area contributed by atoms with E-state index in [1.54, 1.807) is 0 Å². The summed E-state index contributed by atoms with van der Waals surface area (Å²) in [5.41, 5.74) is 0.845. The second kappa shape index (κ2) is 9.94. The zero-order valence-corrected chi connectivity index (χ0v) is 15.5. The molecule has 0 spiro atoms. The number of hydrogen-bond acceptors (Lipinski definition) is 6. The van der Waals surface area contributed by atoms with Crippen LogP contribution in [-0.2, 0) is 30.4 Å². The molecule has 0 heterocycles. The third kappa shape index (κ3) is 8.64. The highest BCUT2D eigenvalue weighted by molar-refractivity contribution is 5.88. The van der Waals surface area contributed by atoms with E-state index in [2.05, 4.69) is 0 Å². The van der Waals surface area contributed by atoms with Gasteiger partial charge in [-0.05, 0) is 25.3 Å². The summed E-state index contributed by atoms with van der Waals surface area (Å²) in [5, 5.41) is 19.0. The topological polar surface area (TPSA) is 102 Å². The van der Waals surface area contributed by atoms with Crippen LogP contribution in [-0.4, -0.2) is 34.5 Å². The Balaban J connectivity index is 2.95. The lowest BCUT2D eigenvalue weighted by molar-refractivity contribution is -0.182. The lowest BCUT2D eigenvalue weighted by Crippen LogP contribution is -2.26. The van der Waals surface area contributed by atoms with Crippen molar-refractivity contribution in [1.29, 1.82) is 0 Å². The maximum atomic E-state index is 11.5. The fraction of sp³-hybridized carbons (Fsp3) is 0.474. The summed E-state index contributed by atoms with van der Waals surface area (Å²) in [6.45, 7) is 6.25. The van der Waals surface area contributed by atoms with Crippen molar-refractivity contribution in [3.63, 3.8) is 0 Å². The van der Waals surface area contributed by atoms with Crippen molar-refractivity contribution >= 4 is 11.9 Å². The average molecular weight is 366 g/mol. The number of allylic oxidation sites excluding steroid dienone is 1. The minimum absolute atomic E-state index is 0.0448. The van der Waals surface area contributed by atoms with Gasteiger partial charge in [-0.3, -0.25) is 4.79 Å². The lowest BCUT2D eigenvalue weighted by atomic mass is 10.1. The Morgan fingerprint density at radius 3 is 2.31 bits per heavy atom. The van der Waals surface area contributed by atoms with Gasteiger partial charge < -0.3 is 24.4 Å². The molecule has 0 aliphatic carbocycles. The van der Waals surface area contributed by atoms with Crippen LogP contribution in [0.4, 0.5) is 0 Å². The van der Waals surface area contributed by atoms with Crippen LogP contribution in [0.15, 0.2) is 41.9 Å². The Hall–Kier alpha value is -2.38. The maximum absolute atomic E-state index is 11.5. The molecule has 26 heavy (non-hydrogen) atoms. The van der Waals surface area contributed by atoms with Crippen LogP contribution in [0.3, 0.4) is 0 Å². The van der Waals surface area contributed by atoms with Gasteiger partial charge in [0.25, 0.3) is 5.76 Å². The summed E-state index contributed by atoms with van der Waals surface area (Å²) in [6.07, 6.45) is 0.165. The molecule has 1 atom stereocenters. The molecule has 0 saturated heterocycles. The van der Waals surface area contributed by atoms with Gasteiger partial charge >= 0.3 is 11.9 Å². The summed E-state index contributed by atoms with van der Waals surface area (Å²) in [6, 6.07) is 9.21. The van der Waals surface area contributed by atoms with Crippen molar-refractivity contribution in [3.05, 3.63) is 47.4 Å². The van der Waals surface area contributed by atoms with Gasteiger partial charge in [-0.2, -0.15) is 0 Å². The van der Waals surface area contributed by atoms with Gasteiger partial charge in [0.1, 0.15) is 12.4 Å². The number of carboxylic acids is 1. The number of benzene rings is 1. The van der Waals surface area contributed by atoms with Crippen LogP contribution in [0, 0.1) is 5.92 Å². The van der Waals surface area contributed by atoms with Gasteiger partial charge in [0, 0.05) is 13.3 Å². The molecule has 1 aromatic rings. The van der Waals surface area contributed by atoms with Gasteiger partial charge in [0.2, 0.25) is 0 Å². The number of carboxylic acid groups (broad SMARTS) is 1. The Bertz CT molecular complexity index is 629. The molecule has 0 aliphatic heterocycles. The van der Waals surface area contributed by atoms with E-state index in [-0.39, 0.29) is 31.3 Å². The predicted molar refractivity (Wildman–Crippen MR) is 93.7 cm³/mol. The predicted octanol–water partition coefficient (Wildman–Crippen LogP) is 2.83. The molecule has 0 bridgehead atoms. The fourth-order valence-electron chi connectivity index (χ4n) is 2.05. The molecule has 144 valence electrons. The lowest BCUT2D eigenvalue weighted by Gasteiger charge is -2.22. The Morgan fingerprint density at radius 1 is 1.19 bits per heavy atom. The molecule has 1 aromatic carbocycles. The molecule has 0 amide bonds. The first kappa shape index (κ1) is 21.7. The highest BCUT2D eigenvalue weighted by atomic mass is 16.6. The first-order chi connectivity index (χ1) is 12.1. The van der Waals surface area contributed by atoms with E-state index in [4.69, 9.17) is 14.2 Å². The van der Waals surface area contributed by atoms with Crippen molar-refractivity contribution < 1.29 is 34.0 Å². The van der Waals surface area contributed by atoms with E-state index in [1.807, 2.05) is 37.3 Å². The van der Waals surface area contributed by atoms with E-state index in [9.17, 15) is 19.8 Å². The third-order valence-electron chi connectivity index (χ3n) is 3.20. The minimum Gasteiger partial charge on any atom is -0.489 e. The van der Waals surface area contributed by atoms with Crippen LogP contribution in [0.25, 0.3) is 0 Å². The molecule has 7 heteroatoms. The van der Waals surface area contributed by atoms with Gasteiger partial charge in [0.05, 0.1) is 6.61 Å². The molecule has 2 N–H and O–H groups in total. The molecule has 0 fully saturated rings. The highest BCUT2D eigenvalue weighted by Gasteiger charge is 2.23. The fourth-order valence-corrected chi connectivity index (χ4v) is 2.05. The Kier molecular flexibility index (Phi) is 8.28. The van der Waals surface area contributed by atoms with Gasteiger partial charge in [-0.15, -0.1) is 0 Å². The summed E-state index contributed by atoms with van der Waals surface area (Å²) in [5.74, 6) is -4.11. The third-order valence-corrected chi connectivity index (χ3v) is 3.20. The maximum Gasteiger partial charge on any atom is 0.375 e. The molecule has 0 radical (unpaired) electrons. The number of aliphatic hydroxyl groups is 1. The standard InChI is InChI=1S/C19H26O7/c1-13(11-25-19(3,4)23)10-16(17(18(21)22)26-14(2)20)24-12-15-8-6-5-7-9-15/h5-9,13,23H,10-12H2,1-4H3,(H,21,22)/b17-16-/t13-/m1/s1. The number of rotatable bonds is 10. The van der Waals surface area contributed by atoms with Crippen molar-refractivity contribution in [2.24, 2.45) is 5.92 Å². The summed E-state index contributed by atoms with van der Waals surface area (Å²) < 4.78 is 15.8.